The molecule has 0 heterocycles. The van der Waals surface area contributed by atoms with Crippen molar-refractivity contribution >= 4 is 23.5 Å². The molecule has 0 aliphatic heterocycles. The highest BCUT2D eigenvalue weighted by atomic mass is 35.5. The van der Waals surface area contributed by atoms with Crippen LogP contribution in [0.5, 0.6) is 0 Å². The predicted octanol–water partition coefficient (Wildman–Crippen LogP) is 2.98. The van der Waals surface area contributed by atoms with Crippen LogP contribution in [-0.2, 0) is 19.7 Å². The van der Waals surface area contributed by atoms with E-state index in [0.29, 0.717) is 0 Å². The van der Waals surface area contributed by atoms with Gasteiger partial charge in [-0.1, -0.05) is 29.8 Å². The quantitative estimate of drug-likeness (QED) is 0.621. The van der Waals surface area contributed by atoms with Crippen LogP contribution in [0.25, 0.3) is 0 Å². The molecule has 0 radical (unpaired) electrons. The van der Waals surface area contributed by atoms with E-state index in [1.807, 2.05) is 0 Å². The molecule has 110 valence electrons. The molecule has 0 aliphatic carbocycles. The summed E-state index contributed by atoms with van der Waals surface area (Å²) >= 11 is 6.01. The standard InChI is InChI=1S/C14H16ClFO4/c1-2-20-13(19)14(12(17)18,8-5-9-16)10-6-3-4-7-11(10)15/h3-4,6-7H,2,5,8-9H2,1H3,(H,17,18). The molecule has 0 spiro atoms. The number of carbonyl (C=O) groups is 2. The van der Waals surface area contributed by atoms with Crippen molar-refractivity contribution in [1.29, 1.82) is 0 Å². The molecule has 0 bridgehead atoms. The zero-order chi connectivity index (χ0) is 15.2. The molecule has 0 aliphatic rings. The molecule has 1 aromatic carbocycles. The first-order valence-electron chi connectivity index (χ1n) is 6.22. The fourth-order valence-electron chi connectivity index (χ4n) is 2.05. The Morgan fingerprint density at radius 3 is 2.55 bits per heavy atom. The number of rotatable bonds is 7. The van der Waals surface area contributed by atoms with Crippen LogP contribution < -0.4 is 0 Å². The Morgan fingerprint density at radius 2 is 2.05 bits per heavy atom. The van der Waals surface area contributed by atoms with Crippen LogP contribution in [-0.4, -0.2) is 30.3 Å². The van der Waals surface area contributed by atoms with Crippen molar-refractivity contribution in [3.8, 4) is 0 Å². The van der Waals surface area contributed by atoms with Gasteiger partial charge in [-0.3, -0.25) is 14.0 Å². The number of aliphatic carboxylic acids is 1. The zero-order valence-corrected chi connectivity index (χ0v) is 11.8. The fraction of sp³-hybridized carbons (Fsp3) is 0.429. The second kappa shape index (κ2) is 7.24. The Kier molecular flexibility index (Phi) is 5.95. The molecule has 0 saturated heterocycles. The number of benzene rings is 1. The predicted molar refractivity (Wildman–Crippen MR) is 72.6 cm³/mol. The molecule has 0 amide bonds. The summed E-state index contributed by atoms with van der Waals surface area (Å²) in [5, 5.41) is 9.68. The van der Waals surface area contributed by atoms with Gasteiger partial charge in [-0.25, -0.2) is 0 Å². The normalized spacial score (nSPS) is 13.6. The molecule has 0 aromatic heterocycles. The van der Waals surface area contributed by atoms with Gasteiger partial charge in [-0.15, -0.1) is 0 Å². The number of carboxylic acid groups (broad SMARTS) is 1. The number of carbonyl (C=O) groups excluding carboxylic acids is 1. The molecule has 1 rings (SSSR count). The van der Waals surface area contributed by atoms with E-state index < -0.39 is 24.0 Å². The second-order valence-corrected chi connectivity index (χ2v) is 4.61. The zero-order valence-electron chi connectivity index (χ0n) is 11.1. The highest BCUT2D eigenvalue weighted by molar-refractivity contribution is 6.32. The lowest BCUT2D eigenvalue weighted by Gasteiger charge is -2.28. The summed E-state index contributed by atoms with van der Waals surface area (Å²) in [5.74, 6) is -2.31. The van der Waals surface area contributed by atoms with Crippen molar-refractivity contribution in [2.24, 2.45) is 0 Å². The number of halogens is 2. The summed E-state index contributed by atoms with van der Waals surface area (Å²) in [4.78, 5) is 23.9. The highest BCUT2D eigenvalue weighted by Gasteiger charge is 2.50. The Balaban J connectivity index is 3.40. The molecular formula is C14H16ClFO4. The first kappa shape index (κ1) is 16.4. The van der Waals surface area contributed by atoms with Gasteiger partial charge in [0.05, 0.1) is 13.3 Å². The van der Waals surface area contributed by atoms with Gasteiger partial charge in [0.15, 0.2) is 5.41 Å². The number of hydrogen-bond acceptors (Lipinski definition) is 3. The summed E-state index contributed by atoms with van der Waals surface area (Å²) in [6.45, 7) is 0.888. The molecule has 20 heavy (non-hydrogen) atoms. The van der Waals surface area contributed by atoms with Crippen LogP contribution in [0.2, 0.25) is 5.02 Å². The third-order valence-corrected chi connectivity index (χ3v) is 3.34. The lowest BCUT2D eigenvalue weighted by atomic mass is 9.76. The third-order valence-electron chi connectivity index (χ3n) is 3.01. The average molecular weight is 303 g/mol. The molecule has 0 saturated carbocycles. The van der Waals surface area contributed by atoms with Crippen LogP contribution in [0, 0.1) is 0 Å². The summed E-state index contributed by atoms with van der Waals surface area (Å²) in [5.41, 5.74) is -1.85. The molecule has 6 heteroatoms. The van der Waals surface area contributed by atoms with E-state index in [1.165, 1.54) is 12.1 Å². The smallest absolute Gasteiger partial charge is 0.328 e. The van der Waals surface area contributed by atoms with Crippen LogP contribution in [0.15, 0.2) is 24.3 Å². The van der Waals surface area contributed by atoms with E-state index in [9.17, 15) is 19.1 Å². The van der Waals surface area contributed by atoms with E-state index in [4.69, 9.17) is 16.3 Å². The topological polar surface area (TPSA) is 63.6 Å². The number of ether oxygens (including phenoxy) is 1. The minimum atomic E-state index is -1.97. The lowest BCUT2D eigenvalue weighted by molar-refractivity contribution is -0.162. The Morgan fingerprint density at radius 1 is 1.40 bits per heavy atom. The molecule has 1 N–H and O–H groups in total. The Hall–Kier alpha value is -1.62. The minimum absolute atomic E-state index is 0.0357. The number of hydrogen-bond donors (Lipinski definition) is 1. The maximum atomic E-state index is 12.5. The summed E-state index contributed by atoms with van der Waals surface area (Å²) in [6.07, 6.45) is -0.280. The maximum absolute atomic E-state index is 12.5. The van der Waals surface area contributed by atoms with E-state index in [2.05, 4.69) is 0 Å². The molecule has 1 aromatic rings. The van der Waals surface area contributed by atoms with Crippen LogP contribution in [0.1, 0.15) is 25.3 Å². The summed E-state index contributed by atoms with van der Waals surface area (Å²) < 4.78 is 17.3. The number of alkyl halides is 1. The van der Waals surface area contributed by atoms with E-state index in [0.717, 1.165) is 0 Å². The van der Waals surface area contributed by atoms with Crippen molar-refractivity contribution in [3.05, 3.63) is 34.9 Å². The van der Waals surface area contributed by atoms with Gasteiger partial charge < -0.3 is 9.84 Å². The lowest BCUT2D eigenvalue weighted by Crippen LogP contribution is -2.45. The van der Waals surface area contributed by atoms with E-state index in [-0.39, 0.29) is 30.0 Å². The second-order valence-electron chi connectivity index (χ2n) is 4.20. The van der Waals surface area contributed by atoms with Gasteiger partial charge in [0, 0.05) is 5.02 Å². The fourth-order valence-corrected chi connectivity index (χ4v) is 2.35. The largest absolute Gasteiger partial charge is 0.480 e. The van der Waals surface area contributed by atoms with E-state index in [1.54, 1.807) is 19.1 Å². The first-order valence-corrected chi connectivity index (χ1v) is 6.60. The third kappa shape index (κ3) is 3.10. The molecule has 4 nitrogen and oxygen atoms in total. The summed E-state index contributed by atoms with van der Waals surface area (Å²) in [6, 6.07) is 6.14. The minimum Gasteiger partial charge on any atom is -0.480 e. The molecule has 1 atom stereocenters. The Labute approximate surface area is 121 Å². The van der Waals surface area contributed by atoms with Crippen molar-refractivity contribution < 1.29 is 23.8 Å². The van der Waals surface area contributed by atoms with Gasteiger partial charge in [0.2, 0.25) is 0 Å². The van der Waals surface area contributed by atoms with Crippen LogP contribution >= 0.6 is 11.6 Å². The molecular weight excluding hydrogens is 287 g/mol. The average Bonchev–Trinajstić information content (AvgIpc) is 2.41. The molecule has 0 fully saturated rings. The van der Waals surface area contributed by atoms with E-state index >= 15 is 0 Å². The highest BCUT2D eigenvalue weighted by Crippen LogP contribution is 2.36. The molecule has 1 unspecified atom stereocenters. The number of carboxylic acids is 1. The van der Waals surface area contributed by atoms with Crippen molar-refractivity contribution in [3.63, 3.8) is 0 Å². The van der Waals surface area contributed by atoms with Crippen molar-refractivity contribution in [2.45, 2.75) is 25.2 Å². The van der Waals surface area contributed by atoms with Gasteiger partial charge in [0.25, 0.3) is 0 Å². The monoisotopic (exact) mass is 302 g/mol. The van der Waals surface area contributed by atoms with Gasteiger partial charge in [0.1, 0.15) is 0 Å². The van der Waals surface area contributed by atoms with Gasteiger partial charge in [-0.2, -0.15) is 0 Å². The van der Waals surface area contributed by atoms with Crippen LogP contribution in [0.3, 0.4) is 0 Å². The first-order chi connectivity index (χ1) is 9.50. The van der Waals surface area contributed by atoms with Gasteiger partial charge >= 0.3 is 11.9 Å². The Bertz CT molecular complexity index is 492. The SMILES string of the molecule is CCOC(=O)C(CCCF)(C(=O)O)c1ccccc1Cl. The van der Waals surface area contributed by atoms with Crippen LogP contribution in [0.4, 0.5) is 4.39 Å². The summed E-state index contributed by atoms with van der Waals surface area (Å²) in [7, 11) is 0. The number of esters is 1. The maximum Gasteiger partial charge on any atom is 0.328 e. The van der Waals surface area contributed by atoms with Crippen molar-refractivity contribution in [1.82, 2.24) is 0 Å². The van der Waals surface area contributed by atoms with Gasteiger partial charge in [-0.05, 0) is 31.4 Å². The van der Waals surface area contributed by atoms with Crippen molar-refractivity contribution in [2.75, 3.05) is 13.3 Å².